The number of fused-ring (bicyclic) bond motifs is 2. The van der Waals surface area contributed by atoms with Crippen molar-refractivity contribution in [2.75, 3.05) is 0 Å². The van der Waals surface area contributed by atoms with Crippen molar-refractivity contribution in [2.45, 2.75) is 0 Å². The average molecular weight is 380 g/mol. The number of hydrogen-bond acceptors (Lipinski definition) is 2. The lowest BCUT2D eigenvalue weighted by atomic mass is 9.36. The van der Waals surface area contributed by atoms with E-state index in [-0.39, 0.29) is 17.7 Å². The monoisotopic (exact) mass is 380 g/mol. The summed E-state index contributed by atoms with van der Waals surface area (Å²) >= 11 is 0. The number of aromatic nitrogens is 2. The van der Waals surface area contributed by atoms with Crippen molar-refractivity contribution < 1.29 is 11.0 Å². The van der Waals surface area contributed by atoms with Gasteiger partial charge in [0.05, 0.1) is 22.1 Å². The summed E-state index contributed by atoms with van der Waals surface area (Å²) in [5.74, 6) is 0. The van der Waals surface area contributed by atoms with E-state index in [1.54, 1.807) is 0 Å². The summed E-state index contributed by atoms with van der Waals surface area (Å²) in [7, 11) is 0. The molecule has 0 aliphatic carbocycles. The summed E-state index contributed by atoms with van der Waals surface area (Å²) in [6.07, 6.45) is 0. The molecule has 0 spiro atoms. The molecule has 1 heterocycles. The van der Waals surface area contributed by atoms with Gasteiger partial charge in [0.25, 0.3) is 0 Å². The molecule has 0 saturated carbocycles. The highest BCUT2D eigenvalue weighted by Gasteiger charge is 2.24. The van der Waals surface area contributed by atoms with E-state index in [0.717, 1.165) is 22.1 Å². The van der Waals surface area contributed by atoms with Crippen LogP contribution in [-0.2, 0) is 0 Å². The lowest BCUT2D eigenvalue weighted by molar-refractivity contribution is 0.823. The van der Waals surface area contributed by atoms with E-state index >= 15 is 0 Å². The van der Waals surface area contributed by atoms with E-state index in [0.29, 0.717) is 0 Å². The molecule has 0 saturated heterocycles. The standard InChI is InChI=1S/C24H17BN2.2H2O/c1-3-10-18(11-4-1)25(19-12-5-2-6-13-19)20-14-9-17-23-24(20)27-22-16-8-7-15-21(22)26-23;;/h1-17H;2*1H2. The molecule has 5 heteroatoms. The molecule has 0 atom stereocenters. The van der Waals surface area contributed by atoms with Gasteiger partial charge in [0.1, 0.15) is 0 Å². The molecule has 5 aromatic rings. The third-order valence-electron chi connectivity index (χ3n) is 4.98. The van der Waals surface area contributed by atoms with Crippen LogP contribution in [0.15, 0.2) is 103 Å². The van der Waals surface area contributed by atoms with Gasteiger partial charge < -0.3 is 11.0 Å². The maximum Gasteiger partial charge on any atom is 0.244 e. The molecule has 5 rings (SSSR count). The predicted octanol–water partition coefficient (Wildman–Crippen LogP) is 1.65. The Kier molecular flexibility index (Phi) is 6.03. The van der Waals surface area contributed by atoms with Crippen molar-refractivity contribution in [1.29, 1.82) is 0 Å². The maximum absolute atomic E-state index is 4.99. The van der Waals surface area contributed by atoms with Gasteiger partial charge in [-0.25, -0.2) is 9.97 Å². The van der Waals surface area contributed by atoms with Gasteiger partial charge >= 0.3 is 0 Å². The zero-order valence-corrected chi connectivity index (χ0v) is 15.8. The van der Waals surface area contributed by atoms with Gasteiger partial charge in [0.15, 0.2) is 0 Å². The lowest BCUT2D eigenvalue weighted by Crippen LogP contribution is -2.52. The third-order valence-corrected chi connectivity index (χ3v) is 4.98. The van der Waals surface area contributed by atoms with Crippen LogP contribution >= 0.6 is 0 Å². The van der Waals surface area contributed by atoms with Gasteiger partial charge in [0.2, 0.25) is 6.71 Å². The SMILES string of the molecule is O.O.c1ccc(B(c2ccccc2)c2cccc3nc4ccccc4nc23)cc1. The van der Waals surface area contributed by atoms with Gasteiger partial charge in [-0.15, -0.1) is 0 Å². The Hall–Kier alpha value is -3.54. The van der Waals surface area contributed by atoms with Gasteiger partial charge in [-0.3, -0.25) is 0 Å². The van der Waals surface area contributed by atoms with Crippen molar-refractivity contribution in [2.24, 2.45) is 0 Å². The van der Waals surface area contributed by atoms with Crippen LogP contribution in [0.3, 0.4) is 0 Å². The van der Waals surface area contributed by atoms with Crippen molar-refractivity contribution in [3.8, 4) is 0 Å². The molecule has 0 aliphatic rings. The van der Waals surface area contributed by atoms with Gasteiger partial charge in [0, 0.05) is 0 Å². The molecule has 4 N–H and O–H groups in total. The first kappa shape index (κ1) is 20.2. The van der Waals surface area contributed by atoms with E-state index in [1.165, 1.54) is 16.4 Å². The van der Waals surface area contributed by atoms with Crippen LogP contribution in [0.1, 0.15) is 0 Å². The highest BCUT2D eigenvalue weighted by Crippen LogP contribution is 2.15. The largest absolute Gasteiger partial charge is 0.412 e. The fourth-order valence-electron chi connectivity index (χ4n) is 3.74. The Balaban J connectivity index is 0.00000120. The number of para-hydroxylation sites is 3. The Labute approximate surface area is 169 Å². The van der Waals surface area contributed by atoms with E-state index in [9.17, 15) is 0 Å². The first-order valence-electron chi connectivity index (χ1n) is 9.15. The van der Waals surface area contributed by atoms with Gasteiger partial charge in [-0.05, 0) is 23.7 Å². The lowest BCUT2D eigenvalue weighted by Gasteiger charge is -2.17. The number of benzene rings is 4. The molecule has 0 bridgehead atoms. The molecule has 29 heavy (non-hydrogen) atoms. The molecule has 0 amide bonds. The molecule has 4 nitrogen and oxygen atoms in total. The molecular weight excluding hydrogens is 359 g/mol. The summed E-state index contributed by atoms with van der Waals surface area (Å²) in [6.45, 7) is 0.117. The van der Waals surface area contributed by atoms with Crippen LogP contribution in [0.5, 0.6) is 0 Å². The minimum absolute atomic E-state index is 0. The fourth-order valence-corrected chi connectivity index (χ4v) is 3.74. The van der Waals surface area contributed by atoms with Gasteiger partial charge in [-0.2, -0.15) is 0 Å². The minimum atomic E-state index is 0. The van der Waals surface area contributed by atoms with E-state index in [4.69, 9.17) is 9.97 Å². The summed E-state index contributed by atoms with van der Waals surface area (Å²) in [5.41, 5.74) is 7.45. The predicted molar refractivity (Wildman–Crippen MR) is 122 cm³/mol. The molecule has 0 unspecified atom stereocenters. The quantitative estimate of drug-likeness (QED) is 0.352. The smallest absolute Gasteiger partial charge is 0.244 e. The Bertz CT molecular complexity index is 1190. The molecule has 142 valence electrons. The number of hydrogen-bond donors (Lipinski definition) is 0. The Morgan fingerprint density at radius 3 is 1.52 bits per heavy atom. The van der Waals surface area contributed by atoms with Crippen molar-refractivity contribution >= 4 is 45.2 Å². The maximum atomic E-state index is 4.99. The first-order chi connectivity index (χ1) is 13.4. The topological polar surface area (TPSA) is 88.8 Å². The third kappa shape index (κ3) is 3.74. The molecule has 4 aromatic carbocycles. The van der Waals surface area contributed by atoms with Crippen LogP contribution in [0.25, 0.3) is 22.1 Å². The van der Waals surface area contributed by atoms with Gasteiger partial charge in [-0.1, -0.05) is 95.9 Å². The van der Waals surface area contributed by atoms with E-state index in [2.05, 4.69) is 72.8 Å². The average Bonchev–Trinajstić information content (AvgIpc) is 2.74. The minimum Gasteiger partial charge on any atom is -0.412 e. The summed E-state index contributed by atoms with van der Waals surface area (Å²) in [5, 5.41) is 0. The zero-order chi connectivity index (χ0) is 18.1. The van der Waals surface area contributed by atoms with E-state index in [1.807, 2.05) is 30.3 Å². The Morgan fingerprint density at radius 2 is 0.931 bits per heavy atom. The summed E-state index contributed by atoms with van der Waals surface area (Å²) in [6, 6.07) is 35.6. The van der Waals surface area contributed by atoms with Crippen LogP contribution in [-0.4, -0.2) is 27.6 Å². The zero-order valence-electron chi connectivity index (χ0n) is 15.8. The Morgan fingerprint density at radius 1 is 0.448 bits per heavy atom. The number of rotatable bonds is 3. The summed E-state index contributed by atoms with van der Waals surface area (Å²) < 4.78 is 0. The molecule has 0 fully saturated rings. The van der Waals surface area contributed by atoms with Crippen molar-refractivity contribution in [3.63, 3.8) is 0 Å². The second-order valence-electron chi connectivity index (χ2n) is 6.68. The van der Waals surface area contributed by atoms with Crippen molar-refractivity contribution in [1.82, 2.24) is 9.97 Å². The van der Waals surface area contributed by atoms with E-state index < -0.39 is 0 Å². The van der Waals surface area contributed by atoms with Crippen molar-refractivity contribution in [3.05, 3.63) is 103 Å². The molecule has 1 aromatic heterocycles. The molecule has 0 aliphatic heterocycles. The first-order valence-corrected chi connectivity index (χ1v) is 9.15. The van der Waals surface area contributed by atoms with Crippen LogP contribution in [0.4, 0.5) is 0 Å². The highest BCUT2D eigenvalue weighted by molar-refractivity contribution is 6.96. The fraction of sp³-hybridized carbons (Fsp3) is 0. The van der Waals surface area contributed by atoms with Crippen LogP contribution < -0.4 is 16.4 Å². The summed E-state index contributed by atoms with van der Waals surface area (Å²) in [4.78, 5) is 9.83. The second kappa shape index (κ2) is 8.65. The van der Waals surface area contributed by atoms with Crippen LogP contribution in [0, 0.1) is 0 Å². The highest BCUT2D eigenvalue weighted by atomic mass is 16.0. The molecular formula is C24H21BN2O2. The second-order valence-corrected chi connectivity index (χ2v) is 6.68. The van der Waals surface area contributed by atoms with Crippen LogP contribution in [0.2, 0.25) is 0 Å². The molecule has 0 radical (unpaired) electrons. The number of nitrogens with zero attached hydrogens (tertiary/aromatic N) is 2. The normalized spacial score (nSPS) is 10.2.